The van der Waals surface area contributed by atoms with E-state index in [0.717, 1.165) is 12.0 Å². The molecule has 0 radical (unpaired) electrons. The summed E-state index contributed by atoms with van der Waals surface area (Å²) in [6.07, 6.45) is 6.03. The molecule has 1 saturated carbocycles. The summed E-state index contributed by atoms with van der Waals surface area (Å²) in [6, 6.07) is 7.59. The standard InChI is InChI=1S/C17H26N2O/c1-12-8-10-14(11-9-12)16(18)17(20)19-15-7-5-3-4-6-13(15)2/h8-11,13,15-16H,3-7,18H2,1-2H3,(H,19,20). The molecule has 3 atom stereocenters. The molecule has 0 aliphatic heterocycles. The van der Waals surface area contributed by atoms with Gasteiger partial charge in [-0.05, 0) is 31.2 Å². The highest BCUT2D eigenvalue weighted by molar-refractivity contribution is 5.83. The minimum Gasteiger partial charge on any atom is -0.351 e. The average Bonchev–Trinajstić information content (AvgIpc) is 2.64. The monoisotopic (exact) mass is 274 g/mol. The summed E-state index contributed by atoms with van der Waals surface area (Å²) in [4.78, 5) is 12.3. The average molecular weight is 274 g/mol. The van der Waals surface area contributed by atoms with Crippen LogP contribution in [-0.2, 0) is 4.79 Å². The minimum atomic E-state index is -0.564. The predicted octanol–water partition coefficient (Wildman–Crippen LogP) is 3.08. The Bertz CT molecular complexity index is 441. The number of aryl methyl sites for hydroxylation is 1. The molecule has 1 aliphatic carbocycles. The number of carbonyl (C=O) groups excluding carboxylic acids is 1. The van der Waals surface area contributed by atoms with Gasteiger partial charge in [-0.1, -0.05) is 56.0 Å². The summed E-state index contributed by atoms with van der Waals surface area (Å²) in [5.41, 5.74) is 8.14. The molecule has 0 saturated heterocycles. The number of amides is 1. The van der Waals surface area contributed by atoms with Crippen LogP contribution in [0, 0.1) is 12.8 Å². The Morgan fingerprint density at radius 1 is 1.20 bits per heavy atom. The molecule has 3 heteroatoms. The van der Waals surface area contributed by atoms with Gasteiger partial charge in [0, 0.05) is 6.04 Å². The van der Waals surface area contributed by atoms with Crippen LogP contribution in [0.15, 0.2) is 24.3 Å². The van der Waals surface area contributed by atoms with Crippen molar-refractivity contribution in [3.05, 3.63) is 35.4 Å². The molecule has 1 amide bonds. The van der Waals surface area contributed by atoms with Crippen molar-refractivity contribution in [1.29, 1.82) is 0 Å². The van der Waals surface area contributed by atoms with Gasteiger partial charge >= 0.3 is 0 Å². The van der Waals surface area contributed by atoms with Crippen molar-refractivity contribution in [2.24, 2.45) is 11.7 Å². The van der Waals surface area contributed by atoms with Gasteiger partial charge in [0.2, 0.25) is 5.91 Å². The van der Waals surface area contributed by atoms with E-state index in [1.54, 1.807) is 0 Å². The second-order valence-electron chi connectivity index (χ2n) is 6.12. The number of rotatable bonds is 3. The third kappa shape index (κ3) is 3.83. The van der Waals surface area contributed by atoms with E-state index in [4.69, 9.17) is 5.73 Å². The fourth-order valence-corrected chi connectivity index (χ4v) is 2.91. The van der Waals surface area contributed by atoms with E-state index in [9.17, 15) is 4.79 Å². The van der Waals surface area contributed by atoms with Crippen molar-refractivity contribution >= 4 is 5.91 Å². The van der Waals surface area contributed by atoms with Gasteiger partial charge in [-0.2, -0.15) is 0 Å². The first-order valence-electron chi connectivity index (χ1n) is 7.70. The summed E-state index contributed by atoms with van der Waals surface area (Å²) in [6.45, 7) is 4.26. The van der Waals surface area contributed by atoms with Gasteiger partial charge in [0.1, 0.15) is 6.04 Å². The first kappa shape index (κ1) is 15.0. The topological polar surface area (TPSA) is 55.1 Å². The summed E-state index contributed by atoms with van der Waals surface area (Å²) in [5, 5.41) is 3.16. The van der Waals surface area contributed by atoms with Crippen LogP contribution in [0.4, 0.5) is 0 Å². The number of hydrogen-bond donors (Lipinski definition) is 2. The summed E-state index contributed by atoms with van der Waals surface area (Å²) in [5.74, 6) is 0.499. The second kappa shape index (κ2) is 6.89. The molecule has 0 aromatic heterocycles. The Labute approximate surface area is 121 Å². The number of nitrogens with two attached hydrogens (primary N) is 1. The van der Waals surface area contributed by atoms with Crippen LogP contribution in [0.2, 0.25) is 0 Å². The first-order valence-corrected chi connectivity index (χ1v) is 7.70. The van der Waals surface area contributed by atoms with Gasteiger partial charge in [0.05, 0.1) is 0 Å². The van der Waals surface area contributed by atoms with Crippen LogP contribution in [0.5, 0.6) is 0 Å². The molecule has 1 aromatic carbocycles. The Morgan fingerprint density at radius 2 is 1.85 bits per heavy atom. The normalized spacial score (nSPS) is 24.8. The van der Waals surface area contributed by atoms with Crippen molar-refractivity contribution in [2.45, 2.75) is 58.0 Å². The lowest BCUT2D eigenvalue weighted by Crippen LogP contribution is -2.43. The predicted molar refractivity (Wildman–Crippen MR) is 82.3 cm³/mol. The molecule has 3 unspecified atom stereocenters. The lowest BCUT2D eigenvalue weighted by atomic mass is 9.96. The zero-order valence-corrected chi connectivity index (χ0v) is 12.6. The highest BCUT2D eigenvalue weighted by Crippen LogP contribution is 2.23. The molecular weight excluding hydrogens is 248 g/mol. The number of carbonyl (C=O) groups is 1. The number of nitrogens with one attached hydrogen (secondary N) is 1. The van der Waals surface area contributed by atoms with Crippen molar-refractivity contribution < 1.29 is 4.79 Å². The molecule has 3 nitrogen and oxygen atoms in total. The highest BCUT2D eigenvalue weighted by Gasteiger charge is 2.24. The third-order valence-corrected chi connectivity index (χ3v) is 4.41. The summed E-state index contributed by atoms with van der Waals surface area (Å²) >= 11 is 0. The van der Waals surface area contributed by atoms with E-state index in [2.05, 4.69) is 12.2 Å². The van der Waals surface area contributed by atoms with E-state index in [1.165, 1.54) is 31.2 Å². The molecule has 0 heterocycles. The Morgan fingerprint density at radius 3 is 2.55 bits per heavy atom. The molecule has 1 aliphatic rings. The Balaban J connectivity index is 1.97. The lowest BCUT2D eigenvalue weighted by Gasteiger charge is -2.24. The minimum absolute atomic E-state index is 0.0485. The summed E-state index contributed by atoms with van der Waals surface area (Å²) < 4.78 is 0. The quantitative estimate of drug-likeness (QED) is 0.832. The zero-order chi connectivity index (χ0) is 14.5. The molecule has 0 bridgehead atoms. The van der Waals surface area contributed by atoms with Crippen LogP contribution < -0.4 is 11.1 Å². The van der Waals surface area contributed by atoms with Crippen molar-refractivity contribution in [2.75, 3.05) is 0 Å². The van der Waals surface area contributed by atoms with Gasteiger partial charge in [-0.3, -0.25) is 4.79 Å². The molecule has 20 heavy (non-hydrogen) atoms. The Kier molecular flexibility index (Phi) is 5.18. The molecule has 0 spiro atoms. The maximum Gasteiger partial charge on any atom is 0.241 e. The van der Waals surface area contributed by atoms with Crippen molar-refractivity contribution in [3.63, 3.8) is 0 Å². The number of benzene rings is 1. The SMILES string of the molecule is Cc1ccc(C(N)C(=O)NC2CCCCCC2C)cc1. The van der Waals surface area contributed by atoms with Crippen LogP contribution in [-0.4, -0.2) is 11.9 Å². The van der Waals surface area contributed by atoms with Crippen molar-refractivity contribution in [3.8, 4) is 0 Å². The maximum atomic E-state index is 12.3. The van der Waals surface area contributed by atoms with Crippen LogP contribution >= 0.6 is 0 Å². The highest BCUT2D eigenvalue weighted by atomic mass is 16.2. The molecule has 3 N–H and O–H groups in total. The lowest BCUT2D eigenvalue weighted by molar-refractivity contribution is -0.123. The van der Waals surface area contributed by atoms with Crippen LogP contribution in [0.25, 0.3) is 0 Å². The first-order chi connectivity index (χ1) is 9.58. The van der Waals surface area contributed by atoms with Crippen molar-refractivity contribution in [1.82, 2.24) is 5.32 Å². The molecule has 2 rings (SSSR count). The van der Waals surface area contributed by atoms with E-state index in [1.807, 2.05) is 31.2 Å². The summed E-state index contributed by atoms with van der Waals surface area (Å²) in [7, 11) is 0. The zero-order valence-electron chi connectivity index (χ0n) is 12.6. The number of hydrogen-bond acceptors (Lipinski definition) is 2. The molecule has 1 aromatic rings. The molecular formula is C17H26N2O. The van der Waals surface area contributed by atoms with E-state index >= 15 is 0 Å². The molecule has 110 valence electrons. The third-order valence-electron chi connectivity index (χ3n) is 4.41. The fraction of sp³-hybridized carbons (Fsp3) is 0.588. The van der Waals surface area contributed by atoms with Gasteiger partial charge in [0.25, 0.3) is 0 Å². The van der Waals surface area contributed by atoms with Gasteiger partial charge in [-0.15, -0.1) is 0 Å². The maximum absolute atomic E-state index is 12.3. The Hall–Kier alpha value is -1.35. The van der Waals surface area contributed by atoms with E-state index in [-0.39, 0.29) is 11.9 Å². The second-order valence-corrected chi connectivity index (χ2v) is 6.12. The van der Waals surface area contributed by atoms with Gasteiger partial charge in [0.15, 0.2) is 0 Å². The van der Waals surface area contributed by atoms with Gasteiger partial charge in [-0.25, -0.2) is 0 Å². The fourth-order valence-electron chi connectivity index (χ4n) is 2.91. The van der Waals surface area contributed by atoms with Gasteiger partial charge < -0.3 is 11.1 Å². The smallest absolute Gasteiger partial charge is 0.241 e. The van der Waals surface area contributed by atoms with Crippen LogP contribution in [0.1, 0.15) is 56.2 Å². The van der Waals surface area contributed by atoms with E-state index < -0.39 is 6.04 Å². The molecule has 1 fully saturated rings. The largest absolute Gasteiger partial charge is 0.351 e. The van der Waals surface area contributed by atoms with Crippen LogP contribution in [0.3, 0.4) is 0 Å². The van der Waals surface area contributed by atoms with E-state index in [0.29, 0.717) is 5.92 Å².